The van der Waals surface area contributed by atoms with E-state index in [0.29, 0.717) is 24.4 Å². The molecule has 1 aromatic heterocycles. The van der Waals surface area contributed by atoms with Crippen LogP contribution in [0.4, 0.5) is 0 Å². The van der Waals surface area contributed by atoms with E-state index >= 15 is 0 Å². The topological polar surface area (TPSA) is 59.8 Å². The zero-order valence-electron chi connectivity index (χ0n) is 10.4. The number of likely N-dealkylation sites (N-methyl/N-ethyl adjacent to an activating group) is 1. The number of furan rings is 1. The van der Waals surface area contributed by atoms with Crippen molar-refractivity contribution < 1.29 is 18.7 Å². The van der Waals surface area contributed by atoms with Gasteiger partial charge in [-0.05, 0) is 13.0 Å². The fourth-order valence-electron chi connectivity index (χ4n) is 1.48. The number of carbonyl (C=O) groups is 2. The molecule has 1 rings (SSSR count). The molecule has 1 aromatic rings. The Balaban J connectivity index is 2.67. The fourth-order valence-corrected chi connectivity index (χ4v) is 1.48. The standard InChI is InChI=1S/C12H17NO4/c1-4-10-9(6-7-17-10)12(15)13(3)8-11(14)16-5-2/h6-7H,4-5,8H2,1-3H3. The van der Waals surface area contributed by atoms with Crippen molar-refractivity contribution in [2.24, 2.45) is 0 Å². The van der Waals surface area contributed by atoms with Crippen LogP contribution in [0.1, 0.15) is 30.0 Å². The highest BCUT2D eigenvalue weighted by Crippen LogP contribution is 2.13. The van der Waals surface area contributed by atoms with Crippen LogP contribution in [0.3, 0.4) is 0 Å². The Bertz CT molecular complexity index is 397. The van der Waals surface area contributed by atoms with Gasteiger partial charge in [0.1, 0.15) is 12.3 Å². The van der Waals surface area contributed by atoms with Gasteiger partial charge in [-0.25, -0.2) is 0 Å². The average molecular weight is 239 g/mol. The molecule has 0 saturated heterocycles. The number of nitrogens with zero attached hydrogens (tertiary/aromatic N) is 1. The van der Waals surface area contributed by atoms with E-state index in [0.717, 1.165) is 0 Å². The molecule has 0 aliphatic carbocycles. The van der Waals surface area contributed by atoms with Gasteiger partial charge in [0.05, 0.1) is 18.4 Å². The SMILES string of the molecule is CCOC(=O)CN(C)C(=O)c1ccoc1CC. The van der Waals surface area contributed by atoms with Gasteiger partial charge in [-0.2, -0.15) is 0 Å². The summed E-state index contributed by atoms with van der Waals surface area (Å²) in [7, 11) is 1.56. The van der Waals surface area contributed by atoms with E-state index in [1.807, 2.05) is 6.92 Å². The second-order valence-corrected chi connectivity index (χ2v) is 3.58. The van der Waals surface area contributed by atoms with Gasteiger partial charge in [-0.1, -0.05) is 6.92 Å². The monoisotopic (exact) mass is 239 g/mol. The lowest BCUT2D eigenvalue weighted by molar-refractivity contribution is -0.143. The molecule has 0 atom stereocenters. The summed E-state index contributed by atoms with van der Waals surface area (Å²) in [5.74, 6) is -0.0146. The molecule has 0 unspecified atom stereocenters. The molecule has 0 fully saturated rings. The quantitative estimate of drug-likeness (QED) is 0.730. The third kappa shape index (κ3) is 3.34. The Kier molecular flexibility index (Phi) is 4.75. The summed E-state index contributed by atoms with van der Waals surface area (Å²) in [4.78, 5) is 24.5. The van der Waals surface area contributed by atoms with E-state index in [1.165, 1.54) is 11.2 Å². The van der Waals surface area contributed by atoms with Crippen LogP contribution in [0.15, 0.2) is 16.7 Å². The van der Waals surface area contributed by atoms with E-state index in [1.54, 1.807) is 20.0 Å². The summed E-state index contributed by atoms with van der Waals surface area (Å²) in [6.07, 6.45) is 2.12. The lowest BCUT2D eigenvalue weighted by Gasteiger charge is -2.15. The molecule has 5 nitrogen and oxygen atoms in total. The zero-order chi connectivity index (χ0) is 12.8. The first-order valence-corrected chi connectivity index (χ1v) is 5.57. The van der Waals surface area contributed by atoms with Crippen molar-refractivity contribution >= 4 is 11.9 Å². The fraction of sp³-hybridized carbons (Fsp3) is 0.500. The predicted octanol–water partition coefficient (Wildman–Crippen LogP) is 1.48. The largest absolute Gasteiger partial charge is 0.469 e. The number of hydrogen-bond donors (Lipinski definition) is 0. The van der Waals surface area contributed by atoms with Crippen molar-refractivity contribution in [1.29, 1.82) is 0 Å². The third-order valence-corrected chi connectivity index (χ3v) is 2.32. The Hall–Kier alpha value is -1.78. The maximum Gasteiger partial charge on any atom is 0.325 e. The molecule has 0 saturated carbocycles. The van der Waals surface area contributed by atoms with E-state index in [9.17, 15) is 9.59 Å². The summed E-state index contributed by atoms with van der Waals surface area (Å²) < 4.78 is 9.95. The molecule has 0 spiro atoms. The second-order valence-electron chi connectivity index (χ2n) is 3.58. The lowest BCUT2D eigenvalue weighted by Crippen LogP contribution is -2.33. The summed E-state index contributed by atoms with van der Waals surface area (Å²) in [6.45, 7) is 3.89. The summed E-state index contributed by atoms with van der Waals surface area (Å²) in [5.41, 5.74) is 0.499. The Morgan fingerprint density at radius 2 is 2.12 bits per heavy atom. The van der Waals surface area contributed by atoms with E-state index in [4.69, 9.17) is 9.15 Å². The number of esters is 1. The minimum absolute atomic E-state index is 0.0546. The van der Waals surface area contributed by atoms with Gasteiger partial charge < -0.3 is 14.1 Å². The van der Waals surface area contributed by atoms with Gasteiger partial charge >= 0.3 is 5.97 Å². The van der Waals surface area contributed by atoms with Gasteiger partial charge in [0, 0.05) is 13.5 Å². The van der Waals surface area contributed by atoms with Gasteiger partial charge in [-0.15, -0.1) is 0 Å². The second kappa shape index (κ2) is 6.08. The smallest absolute Gasteiger partial charge is 0.325 e. The van der Waals surface area contributed by atoms with Crippen molar-refractivity contribution in [3.8, 4) is 0 Å². The van der Waals surface area contributed by atoms with Crippen molar-refractivity contribution in [2.45, 2.75) is 20.3 Å². The van der Waals surface area contributed by atoms with Gasteiger partial charge in [0.15, 0.2) is 0 Å². The zero-order valence-corrected chi connectivity index (χ0v) is 10.4. The molecule has 1 amide bonds. The maximum absolute atomic E-state index is 12.0. The Labute approximate surface area is 100 Å². The van der Waals surface area contributed by atoms with Crippen LogP contribution < -0.4 is 0 Å². The van der Waals surface area contributed by atoms with Gasteiger partial charge in [-0.3, -0.25) is 9.59 Å². The summed E-state index contributed by atoms with van der Waals surface area (Å²) >= 11 is 0. The first-order chi connectivity index (χ1) is 8.10. The predicted molar refractivity (Wildman–Crippen MR) is 61.7 cm³/mol. The molecular formula is C12H17NO4. The van der Waals surface area contributed by atoms with Crippen LogP contribution in [0.25, 0.3) is 0 Å². The average Bonchev–Trinajstić information content (AvgIpc) is 2.76. The number of rotatable bonds is 5. The molecule has 0 bridgehead atoms. The molecule has 0 aliphatic rings. The van der Waals surface area contributed by atoms with Crippen LogP contribution in [0, 0.1) is 0 Å². The first kappa shape index (κ1) is 13.3. The number of aryl methyl sites for hydroxylation is 1. The molecule has 94 valence electrons. The summed E-state index contributed by atoms with van der Waals surface area (Å²) in [5, 5.41) is 0. The molecule has 0 aliphatic heterocycles. The van der Waals surface area contributed by atoms with Crippen LogP contribution in [0.5, 0.6) is 0 Å². The van der Waals surface area contributed by atoms with Crippen LogP contribution >= 0.6 is 0 Å². The van der Waals surface area contributed by atoms with Gasteiger partial charge in [0.25, 0.3) is 5.91 Å². The van der Waals surface area contributed by atoms with Crippen molar-refractivity contribution in [1.82, 2.24) is 4.90 Å². The molecule has 0 aromatic carbocycles. The first-order valence-electron chi connectivity index (χ1n) is 5.57. The highest BCUT2D eigenvalue weighted by atomic mass is 16.5. The molecule has 17 heavy (non-hydrogen) atoms. The number of hydrogen-bond acceptors (Lipinski definition) is 4. The highest BCUT2D eigenvalue weighted by Gasteiger charge is 2.19. The molecule has 0 N–H and O–H groups in total. The maximum atomic E-state index is 12.0. The highest BCUT2D eigenvalue weighted by molar-refractivity contribution is 5.96. The van der Waals surface area contributed by atoms with Crippen LogP contribution in [-0.4, -0.2) is 37.0 Å². The van der Waals surface area contributed by atoms with Crippen molar-refractivity contribution in [3.05, 3.63) is 23.7 Å². The molecule has 1 heterocycles. The Morgan fingerprint density at radius 3 is 2.71 bits per heavy atom. The van der Waals surface area contributed by atoms with Crippen molar-refractivity contribution in [2.75, 3.05) is 20.2 Å². The van der Waals surface area contributed by atoms with E-state index < -0.39 is 5.97 Å². The number of amides is 1. The molecular weight excluding hydrogens is 222 g/mol. The van der Waals surface area contributed by atoms with Crippen molar-refractivity contribution in [3.63, 3.8) is 0 Å². The third-order valence-electron chi connectivity index (χ3n) is 2.32. The number of carbonyl (C=O) groups excluding carboxylic acids is 2. The number of ether oxygens (including phenoxy) is 1. The Morgan fingerprint density at radius 1 is 1.41 bits per heavy atom. The normalized spacial score (nSPS) is 10.1. The van der Waals surface area contributed by atoms with Gasteiger partial charge in [0.2, 0.25) is 0 Å². The molecule has 5 heteroatoms. The van der Waals surface area contributed by atoms with E-state index in [2.05, 4.69) is 0 Å². The molecule has 0 radical (unpaired) electrons. The van der Waals surface area contributed by atoms with Crippen LogP contribution in [-0.2, 0) is 16.0 Å². The lowest BCUT2D eigenvalue weighted by atomic mass is 10.2. The van der Waals surface area contributed by atoms with E-state index in [-0.39, 0.29) is 12.5 Å². The summed E-state index contributed by atoms with van der Waals surface area (Å²) in [6, 6.07) is 1.61. The minimum atomic E-state index is -0.412. The minimum Gasteiger partial charge on any atom is -0.469 e. The van der Waals surface area contributed by atoms with Crippen LogP contribution in [0.2, 0.25) is 0 Å².